The Hall–Kier alpha value is -4.50. The van der Waals surface area contributed by atoms with Gasteiger partial charge in [-0.3, -0.25) is 19.8 Å². The Morgan fingerprint density at radius 3 is 2.42 bits per heavy atom. The highest BCUT2D eigenvalue weighted by Gasteiger charge is 2.26. The molecule has 5 rings (SSSR count). The van der Waals surface area contributed by atoms with Gasteiger partial charge in [-0.25, -0.2) is 4.68 Å². The molecule has 1 saturated heterocycles. The van der Waals surface area contributed by atoms with Crippen LogP contribution in [0.25, 0.3) is 23.2 Å². The van der Waals surface area contributed by atoms with Crippen molar-refractivity contribution in [1.29, 1.82) is 0 Å². The molecule has 1 aliphatic heterocycles. The van der Waals surface area contributed by atoms with Crippen LogP contribution in [0.3, 0.4) is 0 Å². The van der Waals surface area contributed by atoms with Gasteiger partial charge in [-0.2, -0.15) is 5.10 Å². The summed E-state index contributed by atoms with van der Waals surface area (Å²) in [7, 11) is 0. The molecule has 0 atom stereocenters. The van der Waals surface area contributed by atoms with Crippen molar-refractivity contribution < 1.29 is 14.1 Å². The Kier molecular flexibility index (Phi) is 6.72. The van der Waals surface area contributed by atoms with Crippen molar-refractivity contribution in [3.63, 3.8) is 0 Å². The molecule has 0 radical (unpaired) electrons. The predicted octanol–water partition coefficient (Wildman–Crippen LogP) is 4.51. The van der Waals surface area contributed by atoms with Gasteiger partial charge >= 0.3 is 0 Å². The van der Waals surface area contributed by atoms with E-state index in [1.165, 1.54) is 16.8 Å². The van der Waals surface area contributed by atoms with Crippen molar-refractivity contribution in [3.8, 4) is 17.1 Å². The summed E-state index contributed by atoms with van der Waals surface area (Å²) in [6.45, 7) is 3.54. The number of rotatable bonds is 7. The average molecular weight is 484 g/mol. The van der Waals surface area contributed by atoms with Crippen molar-refractivity contribution in [2.45, 2.75) is 0 Å². The Labute approximate surface area is 208 Å². The van der Waals surface area contributed by atoms with E-state index < -0.39 is 4.92 Å². The topological polar surface area (TPSA) is 97.6 Å². The van der Waals surface area contributed by atoms with E-state index in [-0.39, 0.29) is 11.6 Å². The SMILES string of the molecule is O=C(c1cc(-c2ccco2)nn1-c1ccc([N+](=O)[O-])cc1)N1CCN(CC=Cc2ccccc2)CC1. The molecule has 4 aromatic rings. The zero-order valence-corrected chi connectivity index (χ0v) is 19.6. The summed E-state index contributed by atoms with van der Waals surface area (Å²) in [6, 6.07) is 21.4. The van der Waals surface area contributed by atoms with E-state index in [4.69, 9.17) is 4.42 Å². The van der Waals surface area contributed by atoms with Crippen molar-refractivity contribution in [2.75, 3.05) is 32.7 Å². The summed E-state index contributed by atoms with van der Waals surface area (Å²) in [5.74, 6) is 0.401. The van der Waals surface area contributed by atoms with Crippen molar-refractivity contribution in [2.24, 2.45) is 0 Å². The van der Waals surface area contributed by atoms with Crippen LogP contribution in [-0.2, 0) is 0 Å². The summed E-state index contributed by atoms with van der Waals surface area (Å²) >= 11 is 0. The largest absolute Gasteiger partial charge is 0.463 e. The number of nitro benzene ring substituents is 1. The van der Waals surface area contributed by atoms with Crippen LogP contribution in [0.1, 0.15) is 16.1 Å². The smallest absolute Gasteiger partial charge is 0.272 e. The van der Waals surface area contributed by atoms with Gasteiger partial charge in [-0.05, 0) is 29.8 Å². The second-order valence-electron chi connectivity index (χ2n) is 8.48. The Morgan fingerprint density at radius 1 is 1.00 bits per heavy atom. The maximum Gasteiger partial charge on any atom is 0.272 e. The first-order valence-corrected chi connectivity index (χ1v) is 11.7. The molecule has 36 heavy (non-hydrogen) atoms. The van der Waals surface area contributed by atoms with E-state index in [1.54, 1.807) is 36.6 Å². The standard InChI is InChI=1S/C27H25N5O4/c33-27(30-17-15-29(16-18-30)14-4-8-21-6-2-1-3-7-21)25-20-24(26-9-5-19-36-26)28-31(25)22-10-12-23(13-11-22)32(34)35/h1-13,19-20H,14-18H2. The number of aromatic nitrogens is 2. The van der Waals surface area contributed by atoms with Crippen LogP contribution in [0.2, 0.25) is 0 Å². The van der Waals surface area contributed by atoms with E-state index in [0.29, 0.717) is 35.9 Å². The average Bonchev–Trinajstić information content (AvgIpc) is 3.60. The Balaban J connectivity index is 1.31. The molecule has 2 aromatic heterocycles. The number of hydrogen-bond acceptors (Lipinski definition) is 6. The number of piperazine rings is 1. The fraction of sp³-hybridized carbons (Fsp3) is 0.185. The van der Waals surface area contributed by atoms with Gasteiger partial charge in [0.15, 0.2) is 5.76 Å². The van der Waals surface area contributed by atoms with Crippen LogP contribution < -0.4 is 0 Å². The molecule has 9 heteroatoms. The quantitative estimate of drug-likeness (QED) is 0.283. The number of nitrogens with zero attached hydrogens (tertiary/aromatic N) is 5. The number of carbonyl (C=O) groups excluding carboxylic acids is 1. The fourth-order valence-electron chi connectivity index (χ4n) is 4.19. The van der Waals surface area contributed by atoms with Crippen LogP contribution in [0.15, 0.2) is 89.6 Å². The fourth-order valence-corrected chi connectivity index (χ4v) is 4.19. The number of non-ortho nitro benzene ring substituents is 1. The van der Waals surface area contributed by atoms with E-state index >= 15 is 0 Å². The van der Waals surface area contributed by atoms with E-state index in [9.17, 15) is 14.9 Å². The van der Waals surface area contributed by atoms with Crippen LogP contribution in [0, 0.1) is 10.1 Å². The minimum absolute atomic E-state index is 0.0255. The molecule has 0 spiro atoms. The summed E-state index contributed by atoms with van der Waals surface area (Å²) in [4.78, 5) is 28.3. The maximum absolute atomic E-state index is 13.6. The summed E-state index contributed by atoms with van der Waals surface area (Å²) < 4.78 is 7.01. The van der Waals surface area contributed by atoms with E-state index in [2.05, 4.69) is 34.3 Å². The Morgan fingerprint density at radius 2 is 1.75 bits per heavy atom. The summed E-state index contributed by atoms with van der Waals surface area (Å²) in [5.41, 5.74) is 2.60. The van der Waals surface area contributed by atoms with Crippen LogP contribution in [-0.4, -0.2) is 63.1 Å². The first kappa shape index (κ1) is 23.3. The zero-order chi connectivity index (χ0) is 24.9. The summed E-state index contributed by atoms with van der Waals surface area (Å²) in [6.07, 6.45) is 5.80. The number of hydrogen-bond donors (Lipinski definition) is 0. The molecule has 2 aromatic carbocycles. The second kappa shape index (κ2) is 10.4. The van der Waals surface area contributed by atoms with Gasteiger partial charge in [-0.15, -0.1) is 0 Å². The molecule has 182 valence electrons. The van der Waals surface area contributed by atoms with Crippen molar-refractivity contribution in [1.82, 2.24) is 19.6 Å². The lowest BCUT2D eigenvalue weighted by Crippen LogP contribution is -2.49. The molecule has 1 amide bonds. The zero-order valence-electron chi connectivity index (χ0n) is 19.6. The molecule has 0 N–H and O–H groups in total. The van der Waals surface area contributed by atoms with Gasteiger partial charge in [-0.1, -0.05) is 42.5 Å². The number of carbonyl (C=O) groups is 1. The number of nitro groups is 1. The third-order valence-corrected chi connectivity index (χ3v) is 6.14. The lowest BCUT2D eigenvalue weighted by molar-refractivity contribution is -0.384. The third kappa shape index (κ3) is 5.11. The highest BCUT2D eigenvalue weighted by atomic mass is 16.6. The second-order valence-corrected chi connectivity index (χ2v) is 8.48. The van der Waals surface area contributed by atoms with Crippen LogP contribution in [0.4, 0.5) is 5.69 Å². The van der Waals surface area contributed by atoms with Gasteiger partial charge in [0.2, 0.25) is 0 Å². The molecule has 0 unspecified atom stereocenters. The molecule has 1 aliphatic rings. The molecule has 0 saturated carbocycles. The number of furan rings is 1. The third-order valence-electron chi connectivity index (χ3n) is 6.14. The molecule has 3 heterocycles. The van der Waals surface area contributed by atoms with Gasteiger partial charge < -0.3 is 9.32 Å². The number of benzene rings is 2. The van der Waals surface area contributed by atoms with Crippen molar-refractivity contribution in [3.05, 3.63) is 107 Å². The van der Waals surface area contributed by atoms with Gasteiger partial charge in [0, 0.05) is 50.9 Å². The molecule has 0 aliphatic carbocycles. The molecule has 1 fully saturated rings. The molecule has 0 bridgehead atoms. The Bertz CT molecular complexity index is 1350. The minimum Gasteiger partial charge on any atom is -0.463 e. The van der Waals surface area contributed by atoms with Crippen LogP contribution in [0.5, 0.6) is 0 Å². The maximum atomic E-state index is 13.6. The first-order valence-electron chi connectivity index (χ1n) is 11.7. The molecule has 9 nitrogen and oxygen atoms in total. The molecular formula is C27H25N5O4. The number of amides is 1. The highest BCUT2D eigenvalue weighted by molar-refractivity contribution is 5.94. The summed E-state index contributed by atoms with van der Waals surface area (Å²) in [5, 5.41) is 15.6. The van der Waals surface area contributed by atoms with E-state index in [1.807, 2.05) is 23.1 Å². The predicted molar refractivity (Wildman–Crippen MR) is 136 cm³/mol. The highest BCUT2D eigenvalue weighted by Crippen LogP contribution is 2.24. The van der Waals surface area contributed by atoms with Gasteiger partial charge in [0.1, 0.15) is 11.4 Å². The lowest BCUT2D eigenvalue weighted by atomic mass is 10.2. The van der Waals surface area contributed by atoms with Crippen molar-refractivity contribution >= 4 is 17.7 Å². The van der Waals surface area contributed by atoms with Gasteiger partial charge in [0.05, 0.1) is 16.9 Å². The van der Waals surface area contributed by atoms with Crippen LogP contribution >= 0.6 is 0 Å². The van der Waals surface area contributed by atoms with Gasteiger partial charge in [0.25, 0.3) is 11.6 Å². The monoisotopic (exact) mass is 483 g/mol. The lowest BCUT2D eigenvalue weighted by Gasteiger charge is -2.34. The van der Waals surface area contributed by atoms with E-state index in [0.717, 1.165) is 25.2 Å². The molecular weight excluding hydrogens is 458 g/mol. The minimum atomic E-state index is -0.457. The normalized spacial score (nSPS) is 14.4. The first-order chi connectivity index (χ1) is 17.6.